The molecule has 2 unspecified atom stereocenters. The van der Waals surface area contributed by atoms with Crippen LogP contribution in [-0.2, 0) is 0 Å². The van der Waals surface area contributed by atoms with Gasteiger partial charge in [-0.25, -0.2) is 0 Å². The summed E-state index contributed by atoms with van der Waals surface area (Å²) in [5.74, 6) is 1.65. The van der Waals surface area contributed by atoms with Gasteiger partial charge in [-0.05, 0) is 42.9 Å². The van der Waals surface area contributed by atoms with E-state index in [0.717, 1.165) is 11.8 Å². The topological polar surface area (TPSA) is 26.0 Å². The van der Waals surface area contributed by atoms with Crippen LogP contribution >= 0.6 is 0 Å². The lowest BCUT2D eigenvalue weighted by Crippen LogP contribution is -2.42. The van der Waals surface area contributed by atoms with Crippen molar-refractivity contribution >= 4 is 0 Å². The second-order valence-electron chi connectivity index (χ2n) is 7.43. The summed E-state index contributed by atoms with van der Waals surface area (Å²) in [6, 6.07) is 0.444. The first-order valence-electron chi connectivity index (χ1n) is 8.79. The first-order chi connectivity index (χ1) is 9.04. The van der Waals surface area contributed by atoms with E-state index in [1.165, 1.54) is 64.2 Å². The summed E-state index contributed by atoms with van der Waals surface area (Å²) in [6.45, 7) is 9.36. The van der Waals surface area contributed by atoms with Crippen molar-refractivity contribution in [3.05, 3.63) is 0 Å². The molecule has 0 aromatic heterocycles. The fourth-order valence-electron chi connectivity index (χ4n) is 4.21. The van der Waals surface area contributed by atoms with Gasteiger partial charge in [-0.2, -0.15) is 0 Å². The molecule has 2 N–H and O–H groups in total. The fourth-order valence-corrected chi connectivity index (χ4v) is 4.21. The lowest BCUT2D eigenvalue weighted by Gasteiger charge is -2.38. The number of hydrogen-bond acceptors (Lipinski definition) is 1. The number of nitrogens with two attached hydrogens (primary N) is 1. The van der Waals surface area contributed by atoms with Gasteiger partial charge in [0.25, 0.3) is 0 Å². The van der Waals surface area contributed by atoms with Gasteiger partial charge in [0.05, 0.1) is 0 Å². The van der Waals surface area contributed by atoms with Gasteiger partial charge in [0.1, 0.15) is 0 Å². The van der Waals surface area contributed by atoms with Crippen LogP contribution in [0.3, 0.4) is 0 Å². The molecule has 1 nitrogen and oxygen atoms in total. The maximum absolute atomic E-state index is 6.71. The highest BCUT2D eigenvalue weighted by Crippen LogP contribution is 2.47. The van der Waals surface area contributed by atoms with Gasteiger partial charge in [-0.3, -0.25) is 0 Å². The highest BCUT2D eigenvalue weighted by Gasteiger charge is 2.40. The van der Waals surface area contributed by atoms with Crippen molar-refractivity contribution < 1.29 is 0 Å². The van der Waals surface area contributed by atoms with Crippen molar-refractivity contribution in [1.82, 2.24) is 0 Å². The molecular formula is C18H37N. The molecule has 114 valence electrons. The van der Waals surface area contributed by atoms with Crippen molar-refractivity contribution in [1.29, 1.82) is 0 Å². The molecule has 1 heteroatoms. The highest BCUT2D eigenvalue weighted by atomic mass is 14.7. The van der Waals surface area contributed by atoms with Crippen molar-refractivity contribution in [3.8, 4) is 0 Å². The van der Waals surface area contributed by atoms with E-state index in [2.05, 4.69) is 27.7 Å². The van der Waals surface area contributed by atoms with Gasteiger partial charge < -0.3 is 5.73 Å². The molecule has 1 aliphatic carbocycles. The van der Waals surface area contributed by atoms with E-state index < -0.39 is 0 Å². The first kappa shape index (κ1) is 17.0. The molecule has 2 atom stereocenters. The van der Waals surface area contributed by atoms with Gasteiger partial charge in [-0.1, -0.05) is 66.2 Å². The Morgan fingerprint density at radius 1 is 1.11 bits per heavy atom. The Bertz CT molecular complexity index is 228. The summed E-state index contributed by atoms with van der Waals surface area (Å²) in [6.07, 6.45) is 13.6. The Morgan fingerprint density at radius 2 is 1.74 bits per heavy atom. The second kappa shape index (κ2) is 8.29. The largest absolute Gasteiger partial charge is 0.327 e. The van der Waals surface area contributed by atoms with Crippen LogP contribution in [0.4, 0.5) is 0 Å². The molecule has 1 saturated carbocycles. The maximum atomic E-state index is 6.71. The summed E-state index contributed by atoms with van der Waals surface area (Å²) in [7, 11) is 0. The van der Waals surface area contributed by atoms with Crippen LogP contribution in [0.1, 0.15) is 91.9 Å². The zero-order chi connectivity index (χ0) is 14.3. The van der Waals surface area contributed by atoms with E-state index in [-0.39, 0.29) is 0 Å². The Morgan fingerprint density at radius 3 is 2.21 bits per heavy atom. The van der Waals surface area contributed by atoms with Gasteiger partial charge >= 0.3 is 0 Å². The van der Waals surface area contributed by atoms with Crippen molar-refractivity contribution in [2.24, 2.45) is 23.0 Å². The predicted molar refractivity (Wildman–Crippen MR) is 86.3 cm³/mol. The van der Waals surface area contributed by atoms with E-state index in [1.54, 1.807) is 0 Å². The molecule has 0 bridgehead atoms. The number of unbranched alkanes of at least 4 members (excludes halogenated alkanes) is 1. The lowest BCUT2D eigenvalue weighted by atomic mass is 9.70. The number of hydrogen-bond donors (Lipinski definition) is 1. The molecule has 1 fully saturated rings. The van der Waals surface area contributed by atoms with Crippen LogP contribution < -0.4 is 5.73 Å². The predicted octanol–water partition coefficient (Wildman–Crippen LogP) is 5.53. The average Bonchev–Trinajstić information content (AvgIpc) is 2.83. The minimum Gasteiger partial charge on any atom is -0.327 e. The first-order valence-corrected chi connectivity index (χ1v) is 8.79. The molecule has 1 aliphatic rings. The molecule has 0 saturated heterocycles. The zero-order valence-corrected chi connectivity index (χ0v) is 13.9. The molecule has 0 heterocycles. The monoisotopic (exact) mass is 267 g/mol. The SMILES string of the molecule is CCCCC(CC)CC(N)C1(CC(C)C)CCCC1. The van der Waals surface area contributed by atoms with Gasteiger partial charge in [0, 0.05) is 6.04 Å². The van der Waals surface area contributed by atoms with Crippen LogP contribution in [0, 0.1) is 17.3 Å². The smallest absolute Gasteiger partial charge is 0.00982 e. The molecule has 19 heavy (non-hydrogen) atoms. The van der Waals surface area contributed by atoms with E-state index in [0.29, 0.717) is 11.5 Å². The highest BCUT2D eigenvalue weighted by molar-refractivity contribution is 4.94. The van der Waals surface area contributed by atoms with E-state index in [4.69, 9.17) is 5.73 Å². The van der Waals surface area contributed by atoms with E-state index in [9.17, 15) is 0 Å². The van der Waals surface area contributed by atoms with Crippen LogP contribution in [0.25, 0.3) is 0 Å². The van der Waals surface area contributed by atoms with Crippen LogP contribution in [0.5, 0.6) is 0 Å². The van der Waals surface area contributed by atoms with Gasteiger partial charge in [0.2, 0.25) is 0 Å². The summed E-state index contributed by atoms with van der Waals surface area (Å²) >= 11 is 0. The summed E-state index contributed by atoms with van der Waals surface area (Å²) < 4.78 is 0. The third kappa shape index (κ3) is 5.10. The standard InChI is InChI=1S/C18H37N/c1-5-7-10-16(6-2)13-17(19)18(14-15(3)4)11-8-9-12-18/h15-17H,5-14,19H2,1-4H3. The second-order valence-corrected chi connectivity index (χ2v) is 7.43. The van der Waals surface area contributed by atoms with Crippen LogP contribution in [-0.4, -0.2) is 6.04 Å². The molecule has 0 radical (unpaired) electrons. The van der Waals surface area contributed by atoms with Crippen LogP contribution in [0.15, 0.2) is 0 Å². The van der Waals surface area contributed by atoms with Crippen molar-refractivity contribution in [2.75, 3.05) is 0 Å². The van der Waals surface area contributed by atoms with Crippen molar-refractivity contribution in [2.45, 2.75) is 97.9 Å². The minimum absolute atomic E-state index is 0.444. The molecule has 0 spiro atoms. The molecule has 0 aromatic rings. The molecule has 0 aliphatic heterocycles. The van der Waals surface area contributed by atoms with E-state index in [1.807, 2.05) is 0 Å². The Hall–Kier alpha value is -0.0400. The fraction of sp³-hybridized carbons (Fsp3) is 1.00. The summed E-state index contributed by atoms with van der Waals surface area (Å²) in [4.78, 5) is 0. The normalized spacial score (nSPS) is 21.8. The zero-order valence-electron chi connectivity index (χ0n) is 13.9. The van der Waals surface area contributed by atoms with Crippen molar-refractivity contribution in [3.63, 3.8) is 0 Å². The molecule has 1 rings (SSSR count). The summed E-state index contributed by atoms with van der Waals surface area (Å²) in [5.41, 5.74) is 7.19. The lowest BCUT2D eigenvalue weighted by molar-refractivity contribution is 0.157. The van der Waals surface area contributed by atoms with Gasteiger partial charge in [-0.15, -0.1) is 0 Å². The Labute approximate surface area is 121 Å². The van der Waals surface area contributed by atoms with Gasteiger partial charge in [0.15, 0.2) is 0 Å². The Balaban J connectivity index is 2.58. The van der Waals surface area contributed by atoms with E-state index >= 15 is 0 Å². The molecular weight excluding hydrogens is 230 g/mol. The number of rotatable bonds is 9. The third-order valence-electron chi connectivity index (χ3n) is 5.33. The summed E-state index contributed by atoms with van der Waals surface area (Å²) in [5, 5.41) is 0. The van der Waals surface area contributed by atoms with Crippen LogP contribution in [0.2, 0.25) is 0 Å². The Kier molecular flexibility index (Phi) is 7.42. The minimum atomic E-state index is 0.444. The average molecular weight is 268 g/mol. The molecule has 0 amide bonds. The molecule has 0 aromatic carbocycles. The quantitative estimate of drug-likeness (QED) is 0.584. The third-order valence-corrected chi connectivity index (χ3v) is 5.33. The maximum Gasteiger partial charge on any atom is 0.00982 e.